The van der Waals surface area contributed by atoms with Crippen LogP contribution in [0, 0.1) is 18.3 Å². The van der Waals surface area contributed by atoms with Crippen molar-refractivity contribution in [3.63, 3.8) is 0 Å². The number of thiazole rings is 1. The maximum absolute atomic E-state index is 11.7. The van der Waals surface area contributed by atoms with Gasteiger partial charge in [0.15, 0.2) is 5.13 Å². The van der Waals surface area contributed by atoms with Gasteiger partial charge in [-0.1, -0.05) is 41.7 Å². The Labute approximate surface area is 171 Å². The van der Waals surface area contributed by atoms with E-state index in [1.807, 2.05) is 48.6 Å². The normalized spacial score (nSPS) is 14.3. The van der Waals surface area contributed by atoms with Crippen molar-refractivity contribution in [3.05, 3.63) is 62.4 Å². The topological polar surface area (TPSA) is 94.9 Å². The Morgan fingerprint density at radius 2 is 2.00 bits per heavy atom. The van der Waals surface area contributed by atoms with Crippen LogP contribution in [0.1, 0.15) is 21.7 Å². The maximum Gasteiger partial charge on any atom is 0.282 e. The largest absolute Gasteiger partial charge is 0.378 e. The lowest BCUT2D eigenvalue weighted by Gasteiger charge is -2.26. The van der Waals surface area contributed by atoms with E-state index in [9.17, 15) is 10.1 Å². The minimum Gasteiger partial charge on any atom is -0.378 e. The summed E-state index contributed by atoms with van der Waals surface area (Å²) in [5, 5.41) is 16.6. The van der Waals surface area contributed by atoms with Crippen molar-refractivity contribution < 1.29 is 4.74 Å². The van der Waals surface area contributed by atoms with Crippen LogP contribution in [0.4, 0.5) is 5.13 Å². The Morgan fingerprint density at radius 1 is 1.24 bits per heavy atom. The molecule has 0 unspecified atom stereocenters. The predicted octanol–water partition coefficient (Wildman–Crippen LogP) is 3.08. The van der Waals surface area contributed by atoms with Gasteiger partial charge in [0.05, 0.1) is 29.5 Å². The lowest BCUT2D eigenvalue weighted by Crippen LogP contribution is -2.36. The molecule has 4 rings (SSSR count). The molecule has 0 spiro atoms. The Balaban J connectivity index is 1.74. The van der Waals surface area contributed by atoms with Crippen molar-refractivity contribution in [1.29, 1.82) is 5.26 Å². The third-order valence-electron chi connectivity index (χ3n) is 4.74. The Bertz CT molecular complexity index is 1140. The maximum atomic E-state index is 11.7. The number of nitrogens with zero attached hydrogens (tertiary/aromatic N) is 4. The van der Waals surface area contributed by atoms with Gasteiger partial charge >= 0.3 is 0 Å². The molecule has 146 valence electrons. The van der Waals surface area contributed by atoms with Crippen molar-refractivity contribution >= 4 is 28.6 Å². The number of aromatic amines is 1. The van der Waals surface area contributed by atoms with Gasteiger partial charge in [-0.05, 0) is 24.6 Å². The summed E-state index contributed by atoms with van der Waals surface area (Å²) in [5.74, 6) is 0. The van der Waals surface area contributed by atoms with Crippen LogP contribution in [0.25, 0.3) is 23.4 Å². The monoisotopic (exact) mass is 405 g/mol. The van der Waals surface area contributed by atoms with Crippen LogP contribution >= 0.6 is 11.3 Å². The van der Waals surface area contributed by atoms with Crippen molar-refractivity contribution in [2.24, 2.45) is 0 Å². The second kappa shape index (κ2) is 8.39. The minimum atomic E-state index is -0.473. The highest BCUT2D eigenvalue weighted by Crippen LogP contribution is 2.34. The lowest BCUT2D eigenvalue weighted by molar-refractivity contribution is 0.122. The van der Waals surface area contributed by atoms with E-state index in [0.29, 0.717) is 24.5 Å². The standard InChI is InChI=1S/C21H19N5O2S/c1-14-16(13-22)20(27)25-24-17(14)7-8-18-19(15-5-3-2-4-6-15)23-21(29-18)26-9-11-28-12-10-26/h2-8H,9-12H2,1H3,(H,25,27)/b8-7+. The van der Waals surface area contributed by atoms with Gasteiger partial charge in [0.1, 0.15) is 11.6 Å². The third-order valence-corrected chi connectivity index (χ3v) is 5.82. The third kappa shape index (κ3) is 3.97. The molecule has 1 aromatic carbocycles. The molecular formula is C21H19N5O2S. The lowest BCUT2D eigenvalue weighted by atomic mass is 10.1. The molecule has 1 saturated heterocycles. The van der Waals surface area contributed by atoms with Crippen LogP contribution < -0.4 is 10.5 Å². The Kier molecular flexibility index (Phi) is 5.51. The van der Waals surface area contributed by atoms with Gasteiger partial charge in [-0.2, -0.15) is 10.4 Å². The number of benzene rings is 1. The number of morpholine rings is 1. The van der Waals surface area contributed by atoms with Gasteiger partial charge in [-0.15, -0.1) is 0 Å². The highest BCUT2D eigenvalue weighted by atomic mass is 32.1. The van der Waals surface area contributed by atoms with Crippen LogP contribution in [0.3, 0.4) is 0 Å². The van der Waals surface area contributed by atoms with Crippen molar-refractivity contribution in [1.82, 2.24) is 15.2 Å². The summed E-state index contributed by atoms with van der Waals surface area (Å²) in [4.78, 5) is 19.8. The zero-order chi connectivity index (χ0) is 20.2. The van der Waals surface area contributed by atoms with Gasteiger partial charge in [-0.25, -0.2) is 10.1 Å². The highest BCUT2D eigenvalue weighted by molar-refractivity contribution is 7.17. The van der Waals surface area contributed by atoms with Crippen LogP contribution in [0.15, 0.2) is 35.1 Å². The molecule has 1 N–H and O–H groups in total. The molecule has 0 bridgehead atoms. The zero-order valence-electron chi connectivity index (χ0n) is 15.9. The van der Waals surface area contributed by atoms with E-state index in [4.69, 9.17) is 9.72 Å². The minimum absolute atomic E-state index is 0.0845. The van der Waals surface area contributed by atoms with Crippen LogP contribution in [0.5, 0.6) is 0 Å². The molecule has 29 heavy (non-hydrogen) atoms. The zero-order valence-corrected chi connectivity index (χ0v) is 16.7. The molecule has 7 nitrogen and oxygen atoms in total. The molecule has 0 radical (unpaired) electrons. The average molecular weight is 405 g/mol. The summed E-state index contributed by atoms with van der Waals surface area (Å²) in [6.45, 7) is 4.75. The van der Waals surface area contributed by atoms with Gasteiger partial charge < -0.3 is 9.64 Å². The number of anilines is 1. The van der Waals surface area contributed by atoms with Crippen molar-refractivity contribution in [2.45, 2.75) is 6.92 Å². The molecular weight excluding hydrogens is 386 g/mol. The molecule has 0 aliphatic carbocycles. The first-order chi connectivity index (χ1) is 14.2. The predicted molar refractivity (Wildman–Crippen MR) is 114 cm³/mol. The molecule has 3 aromatic rings. The highest BCUT2D eigenvalue weighted by Gasteiger charge is 2.18. The fourth-order valence-electron chi connectivity index (χ4n) is 3.13. The SMILES string of the molecule is Cc1c(/C=C/c2sc(N3CCOCC3)nc2-c2ccccc2)n[nH]c(=O)c1C#N. The van der Waals surface area contributed by atoms with Crippen LogP contribution in [-0.4, -0.2) is 41.5 Å². The second-order valence-corrected chi connectivity index (χ2v) is 7.57. The van der Waals surface area contributed by atoms with E-state index in [1.54, 1.807) is 18.3 Å². The fourth-order valence-corrected chi connectivity index (χ4v) is 4.17. The summed E-state index contributed by atoms with van der Waals surface area (Å²) in [6.07, 6.45) is 3.76. The van der Waals surface area contributed by atoms with E-state index < -0.39 is 5.56 Å². The molecule has 1 aliphatic heterocycles. The Morgan fingerprint density at radius 3 is 2.72 bits per heavy atom. The fraction of sp³-hybridized carbons (Fsp3) is 0.238. The number of hydrogen-bond donors (Lipinski definition) is 1. The first kappa shape index (κ1) is 19.1. The van der Waals surface area contributed by atoms with Crippen molar-refractivity contribution in [2.75, 3.05) is 31.2 Å². The van der Waals surface area contributed by atoms with E-state index in [-0.39, 0.29) is 5.56 Å². The number of aromatic nitrogens is 3. The summed E-state index contributed by atoms with van der Waals surface area (Å²) < 4.78 is 5.45. The average Bonchev–Trinajstić information content (AvgIpc) is 3.19. The van der Waals surface area contributed by atoms with E-state index in [0.717, 1.165) is 34.4 Å². The first-order valence-electron chi connectivity index (χ1n) is 9.24. The number of rotatable bonds is 4. The molecule has 2 aromatic heterocycles. The van der Waals surface area contributed by atoms with Gasteiger partial charge in [0, 0.05) is 18.7 Å². The molecule has 0 amide bonds. The van der Waals surface area contributed by atoms with Crippen LogP contribution in [0.2, 0.25) is 0 Å². The smallest absolute Gasteiger partial charge is 0.282 e. The van der Waals surface area contributed by atoms with E-state index >= 15 is 0 Å². The molecule has 0 saturated carbocycles. The number of H-pyrrole nitrogens is 1. The van der Waals surface area contributed by atoms with E-state index in [1.165, 1.54) is 0 Å². The molecule has 1 fully saturated rings. The molecule has 8 heteroatoms. The molecule has 0 atom stereocenters. The quantitative estimate of drug-likeness (QED) is 0.717. The summed E-state index contributed by atoms with van der Waals surface area (Å²) in [5.41, 5.74) is 2.66. The van der Waals surface area contributed by atoms with Crippen molar-refractivity contribution in [3.8, 4) is 17.3 Å². The number of hydrogen-bond acceptors (Lipinski definition) is 7. The van der Waals surface area contributed by atoms with Gasteiger partial charge in [0.25, 0.3) is 5.56 Å². The second-order valence-electron chi connectivity index (χ2n) is 6.56. The van der Waals surface area contributed by atoms with Gasteiger partial charge in [0.2, 0.25) is 0 Å². The Hall–Kier alpha value is -3.28. The van der Waals surface area contributed by atoms with Gasteiger partial charge in [-0.3, -0.25) is 4.79 Å². The summed E-state index contributed by atoms with van der Waals surface area (Å²) in [7, 11) is 0. The first-order valence-corrected chi connectivity index (χ1v) is 10.1. The van der Waals surface area contributed by atoms with E-state index in [2.05, 4.69) is 15.1 Å². The molecule has 3 heterocycles. The number of nitrogens with one attached hydrogen (secondary N) is 1. The van der Waals surface area contributed by atoms with Crippen LogP contribution in [-0.2, 0) is 4.74 Å². The number of nitriles is 1. The molecule has 1 aliphatic rings. The number of ether oxygens (including phenoxy) is 1. The summed E-state index contributed by atoms with van der Waals surface area (Å²) >= 11 is 1.61. The summed E-state index contributed by atoms with van der Waals surface area (Å²) in [6, 6.07) is 12.0.